The standard InChI is InChI=1S/C28H43FN4O4S/c1-3-12-33(38(35,36)15-10-28(30)34)13-7-8-14-37-27-18-24(17-26(29)19-27)9-5-6-11-31-21-25-16-23(4-2)20-32-22-25/h16-20,22,31H,3-15,21H2,1-2H3,(H2,30,34). The number of nitrogens with zero attached hydrogens (tertiary/aromatic N) is 2. The van der Waals surface area contributed by atoms with Crippen LogP contribution < -0.4 is 15.8 Å². The molecule has 0 unspecified atom stereocenters. The number of sulfonamides is 1. The van der Waals surface area contributed by atoms with Crippen LogP contribution in [-0.4, -0.2) is 55.6 Å². The van der Waals surface area contributed by atoms with E-state index in [-0.39, 0.29) is 18.0 Å². The van der Waals surface area contributed by atoms with E-state index in [0.29, 0.717) is 44.7 Å². The summed E-state index contributed by atoms with van der Waals surface area (Å²) in [6, 6.07) is 6.96. The number of aryl methyl sites for hydroxylation is 2. The fraction of sp³-hybridized carbons (Fsp3) is 0.571. The normalized spacial score (nSPS) is 11.7. The van der Waals surface area contributed by atoms with Crippen molar-refractivity contribution in [3.05, 3.63) is 59.2 Å². The summed E-state index contributed by atoms with van der Waals surface area (Å²) in [6.07, 6.45) is 9.14. The lowest BCUT2D eigenvalue weighted by Crippen LogP contribution is -2.35. The lowest BCUT2D eigenvalue weighted by atomic mass is 10.1. The second kappa shape index (κ2) is 17.1. The lowest BCUT2D eigenvalue weighted by Gasteiger charge is -2.21. The molecule has 38 heavy (non-hydrogen) atoms. The molecule has 0 fully saturated rings. The minimum absolute atomic E-state index is 0.185. The molecule has 0 saturated carbocycles. The summed E-state index contributed by atoms with van der Waals surface area (Å²) in [7, 11) is -3.53. The fourth-order valence-electron chi connectivity index (χ4n) is 4.07. The number of ether oxygens (including phenoxy) is 1. The molecule has 8 nitrogen and oxygen atoms in total. The van der Waals surface area contributed by atoms with E-state index >= 15 is 0 Å². The van der Waals surface area contributed by atoms with Crippen LogP contribution in [0.4, 0.5) is 4.39 Å². The largest absolute Gasteiger partial charge is 0.493 e. The maximum absolute atomic E-state index is 14.1. The number of hydrogen-bond acceptors (Lipinski definition) is 6. The van der Waals surface area contributed by atoms with Crippen LogP contribution in [0.15, 0.2) is 36.7 Å². The number of amides is 1. The second-order valence-corrected chi connectivity index (χ2v) is 11.6. The topological polar surface area (TPSA) is 115 Å². The third-order valence-electron chi connectivity index (χ3n) is 6.13. The molecule has 0 atom stereocenters. The Labute approximate surface area is 227 Å². The van der Waals surface area contributed by atoms with Crippen LogP contribution in [0.3, 0.4) is 0 Å². The molecule has 2 aromatic rings. The molecule has 0 spiro atoms. The van der Waals surface area contributed by atoms with Gasteiger partial charge in [-0.2, -0.15) is 0 Å². The predicted molar refractivity (Wildman–Crippen MR) is 149 cm³/mol. The van der Waals surface area contributed by atoms with Gasteiger partial charge in [0.25, 0.3) is 0 Å². The van der Waals surface area contributed by atoms with Gasteiger partial charge >= 0.3 is 0 Å². The first-order valence-corrected chi connectivity index (χ1v) is 15.2. The average molecular weight is 551 g/mol. The van der Waals surface area contributed by atoms with Crippen LogP contribution in [0, 0.1) is 5.82 Å². The Bertz CT molecular complexity index is 1100. The highest BCUT2D eigenvalue weighted by molar-refractivity contribution is 7.89. The number of rotatable bonds is 20. The number of halogens is 1. The van der Waals surface area contributed by atoms with Gasteiger partial charge in [-0.15, -0.1) is 0 Å². The number of nitrogens with one attached hydrogen (secondary N) is 1. The van der Waals surface area contributed by atoms with Gasteiger partial charge in [0, 0.05) is 44.5 Å². The third kappa shape index (κ3) is 12.3. The molecule has 212 valence electrons. The van der Waals surface area contributed by atoms with E-state index in [0.717, 1.165) is 44.3 Å². The first-order chi connectivity index (χ1) is 18.2. The van der Waals surface area contributed by atoms with Gasteiger partial charge in [0.2, 0.25) is 15.9 Å². The van der Waals surface area contributed by atoms with Crippen LogP contribution in [0.25, 0.3) is 0 Å². The molecular formula is C28H43FN4O4S. The van der Waals surface area contributed by atoms with Crippen molar-refractivity contribution >= 4 is 15.9 Å². The van der Waals surface area contributed by atoms with Gasteiger partial charge in [-0.1, -0.05) is 19.9 Å². The van der Waals surface area contributed by atoms with Crippen LogP contribution in [-0.2, 0) is 34.2 Å². The molecule has 2 rings (SSSR count). The highest BCUT2D eigenvalue weighted by atomic mass is 32.2. The fourth-order valence-corrected chi connectivity index (χ4v) is 5.66. The summed E-state index contributed by atoms with van der Waals surface area (Å²) in [6.45, 7) is 6.79. The van der Waals surface area contributed by atoms with Crippen molar-refractivity contribution in [2.75, 3.05) is 32.0 Å². The molecule has 0 saturated heterocycles. The van der Waals surface area contributed by atoms with Gasteiger partial charge in [-0.25, -0.2) is 17.1 Å². The minimum Gasteiger partial charge on any atom is -0.493 e. The summed E-state index contributed by atoms with van der Waals surface area (Å²) in [4.78, 5) is 15.2. The molecule has 0 aliphatic rings. The van der Waals surface area contributed by atoms with E-state index in [2.05, 4.69) is 23.3 Å². The number of carbonyl (C=O) groups excluding carboxylic acids is 1. The molecule has 10 heteroatoms. The molecular weight excluding hydrogens is 507 g/mol. The van der Waals surface area contributed by atoms with Crippen molar-refractivity contribution in [2.45, 2.75) is 71.8 Å². The summed E-state index contributed by atoms with van der Waals surface area (Å²) in [5.41, 5.74) is 8.41. The van der Waals surface area contributed by atoms with Crippen LogP contribution in [0.1, 0.15) is 69.1 Å². The van der Waals surface area contributed by atoms with Crippen LogP contribution in [0.2, 0.25) is 0 Å². The third-order valence-corrected chi connectivity index (χ3v) is 8.00. The zero-order valence-corrected chi connectivity index (χ0v) is 23.6. The van der Waals surface area contributed by atoms with E-state index in [1.54, 1.807) is 6.07 Å². The van der Waals surface area contributed by atoms with Crippen molar-refractivity contribution in [3.8, 4) is 5.75 Å². The van der Waals surface area contributed by atoms with E-state index in [1.165, 1.54) is 21.5 Å². The van der Waals surface area contributed by atoms with E-state index in [1.807, 2.05) is 25.4 Å². The molecule has 1 amide bonds. The number of primary amides is 1. The number of unbranched alkanes of at least 4 members (excludes halogenated alkanes) is 2. The van der Waals surface area contributed by atoms with Crippen molar-refractivity contribution in [1.82, 2.24) is 14.6 Å². The van der Waals surface area contributed by atoms with E-state index in [9.17, 15) is 17.6 Å². The van der Waals surface area contributed by atoms with E-state index in [4.69, 9.17) is 10.5 Å². The van der Waals surface area contributed by atoms with Crippen molar-refractivity contribution in [2.24, 2.45) is 5.73 Å². The average Bonchev–Trinajstić information content (AvgIpc) is 2.88. The van der Waals surface area contributed by atoms with Crippen molar-refractivity contribution < 1.29 is 22.3 Å². The molecule has 1 aromatic carbocycles. The minimum atomic E-state index is -3.53. The number of nitrogens with two attached hydrogens (primary N) is 1. The van der Waals surface area contributed by atoms with E-state index < -0.39 is 15.9 Å². The first kappa shape index (κ1) is 31.7. The number of aromatic nitrogens is 1. The first-order valence-electron chi connectivity index (χ1n) is 13.6. The smallest absolute Gasteiger partial charge is 0.218 e. The molecule has 1 aromatic heterocycles. The number of hydrogen-bond donors (Lipinski definition) is 2. The van der Waals surface area contributed by atoms with Crippen molar-refractivity contribution in [3.63, 3.8) is 0 Å². The van der Waals surface area contributed by atoms with Crippen molar-refractivity contribution in [1.29, 1.82) is 0 Å². The number of pyridine rings is 1. The Morgan fingerprint density at radius 1 is 1.03 bits per heavy atom. The second-order valence-electron chi connectivity index (χ2n) is 9.47. The molecule has 1 heterocycles. The lowest BCUT2D eigenvalue weighted by molar-refractivity contribution is -0.117. The molecule has 3 N–H and O–H groups in total. The summed E-state index contributed by atoms with van der Waals surface area (Å²) < 4.78 is 46.2. The van der Waals surface area contributed by atoms with Crippen LogP contribution >= 0.6 is 0 Å². The summed E-state index contributed by atoms with van der Waals surface area (Å²) in [5, 5.41) is 3.44. The zero-order valence-electron chi connectivity index (χ0n) is 22.8. The van der Waals surface area contributed by atoms with Gasteiger partial charge in [0.1, 0.15) is 11.6 Å². The maximum atomic E-state index is 14.1. The van der Waals surface area contributed by atoms with Crippen LogP contribution in [0.5, 0.6) is 5.75 Å². The Balaban J connectivity index is 1.69. The zero-order chi connectivity index (χ0) is 27.8. The van der Waals surface area contributed by atoms with Gasteiger partial charge < -0.3 is 15.8 Å². The molecule has 0 radical (unpaired) electrons. The number of carbonyl (C=O) groups is 1. The summed E-state index contributed by atoms with van der Waals surface area (Å²) in [5.74, 6) is -0.740. The Morgan fingerprint density at radius 2 is 1.82 bits per heavy atom. The predicted octanol–water partition coefficient (Wildman–Crippen LogP) is 3.97. The van der Waals surface area contributed by atoms with Gasteiger partial charge in [0.05, 0.1) is 12.4 Å². The Hall–Kier alpha value is -2.56. The Morgan fingerprint density at radius 3 is 2.55 bits per heavy atom. The Kier molecular flexibility index (Phi) is 14.3. The number of benzene rings is 1. The molecule has 0 aliphatic heterocycles. The van der Waals surface area contributed by atoms with Gasteiger partial charge in [-0.3, -0.25) is 9.78 Å². The summed E-state index contributed by atoms with van der Waals surface area (Å²) >= 11 is 0. The van der Waals surface area contributed by atoms with Gasteiger partial charge in [0.15, 0.2) is 0 Å². The van der Waals surface area contributed by atoms with Gasteiger partial charge in [-0.05, 0) is 80.3 Å². The highest BCUT2D eigenvalue weighted by Crippen LogP contribution is 2.19. The monoisotopic (exact) mass is 550 g/mol. The quantitative estimate of drug-likeness (QED) is 0.241. The SMILES string of the molecule is CCCN(CCCCOc1cc(F)cc(CCCCNCc2cncc(CC)c2)c1)S(=O)(=O)CCC(N)=O. The maximum Gasteiger partial charge on any atom is 0.218 e. The molecule has 0 aliphatic carbocycles. The highest BCUT2D eigenvalue weighted by Gasteiger charge is 2.21. The molecule has 0 bridgehead atoms.